The van der Waals surface area contributed by atoms with Crippen molar-refractivity contribution in [2.24, 2.45) is 0 Å². The van der Waals surface area contributed by atoms with E-state index in [9.17, 15) is 0 Å². The Morgan fingerprint density at radius 1 is 1.67 bits per heavy atom. The molecule has 0 amide bonds. The molecule has 0 saturated carbocycles. The summed E-state index contributed by atoms with van der Waals surface area (Å²) in [6.07, 6.45) is 2.67. The molecule has 54 valence electrons. The van der Waals surface area contributed by atoms with E-state index in [4.69, 9.17) is 11.6 Å². The predicted octanol–water partition coefficient (Wildman–Crippen LogP) is 1.71. The molecule has 0 spiro atoms. The summed E-state index contributed by atoms with van der Waals surface area (Å²) in [4.78, 5) is 2.43. The van der Waals surface area contributed by atoms with Crippen molar-refractivity contribution in [1.29, 1.82) is 0 Å². The first kappa shape index (κ1) is 7.36. The highest BCUT2D eigenvalue weighted by Crippen LogP contribution is 2.21. The summed E-state index contributed by atoms with van der Waals surface area (Å²) in [5.41, 5.74) is 0. The van der Waals surface area contributed by atoms with Crippen molar-refractivity contribution < 1.29 is 0 Å². The van der Waals surface area contributed by atoms with E-state index in [1.165, 1.54) is 19.4 Å². The molecule has 0 bridgehead atoms. The van der Waals surface area contributed by atoms with Crippen molar-refractivity contribution in [1.82, 2.24) is 4.90 Å². The summed E-state index contributed by atoms with van der Waals surface area (Å²) in [6, 6.07) is 0.883. The van der Waals surface area contributed by atoms with Crippen LogP contribution in [0.3, 0.4) is 0 Å². The van der Waals surface area contributed by atoms with Crippen molar-refractivity contribution in [2.45, 2.75) is 25.8 Å². The maximum Gasteiger partial charge on any atom is 0.0351 e. The number of rotatable bonds is 4. The first-order chi connectivity index (χ1) is 4.38. The first-order valence-electron chi connectivity index (χ1n) is 3.68. The second-order valence-corrected chi connectivity index (χ2v) is 3.00. The molecule has 0 aromatic heterocycles. The fourth-order valence-corrected chi connectivity index (χ4v) is 1.43. The number of hydrogen-bond acceptors (Lipinski definition) is 1. The van der Waals surface area contributed by atoms with E-state index in [2.05, 4.69) is 11.8 Å². The minimum absolute atomic E-state index is 0.792. The molecular weight excluding hydrogens is 134 g/mol. The van der Waals surface area contributed by atoms with Crippen LogP contribution in [0.2, 0.25) is 0 Å². The van der Waals surface area contributed by atoms with E-state index in [0.29, 0.717) is 0 Å². The van der Waals surface area contributed by atoms with E-state index in [0.717, 1.165) is 18.5 Å². The van der Waals surface area contributed by atoms with Gasteiger partial charge in [0.15, 0.2) is 0 Å². The molecule has 2 heteroatoms. The minimum atomic E-state index is 0.792. The molecule has 0 radical (unpaired) electrons. The van der Waals surface area contributed by atoms with Crippen LogP contribution in [0.15, 0.2) is 0 Å². The third-order valence-electron chi connectivity index (χ3n) is 1.82. The predicted molar refractivity (Wildman–Crippen MR) is 41.0 cm³/mol. The number of nitrogens with zero attached hydrogens (tertiary/aromatic N) is 1. The van der Waals surface area contributed by atoms with Gasteiger partial charge < -0.3 is 0 Å². The average molecular weight is 148 g/mol. The Kier molecular flexibility index (Phi) is 2.80. The third-order valence-corrected chi connectivity index (χ3v) is 1.99. The summed E-state index contributed by atoms with van der Waals surface area (Å²) in [5.74, 6) is 0.792. The maximum atomic E-state index is 5.56. The molecule has 0 aromatic rings. The van der Waals surface area contributed by atoms with Gasteiger partial charge in [0.2, 0.25) is 0 Å². The van der Waals surface area contributed by atoms with Crippen LogP contribution < -0.4 is 0 Å². The summed E-state index contributed by atoms with van der Waals surface area (Å²) in [6.45, 7) is 4.62. The molecule has 1 heterocycles. The van der Waals surface area contributed by atoms with Crippen molar-refractivity contribution >= 4 is 11.6 Å². The smallest absolute Gasteiger partial charge is 0.0351 e. The van der Waals surface area contributed by atoms with Gasteiger partial charge in [0.05, 0.1) is 0 Å². The van der Waals surface area contributed by atoms with Crippen LogP contribution in [0.1, 0.15) is 19.8 Å². The topological polar surface area (TPSA) is 3.01 Å². The zero-order valence-electron chi connectivity index (χ0n) is 5.94. The van der Waals surface area contributed by atoms with Crippen LogP contribution in [-0.2, 0) is 0 Å². The van der Waals surface area contributed by atoms with Crippen molar-refractivity contribution in [3.8, 4) is 0 Å². The molecule has 1 aliphatic rings. The Hall–Kier alpha value is 0.250. The summed E-state index contributed by atoms with van der Waals surface area (Å²) < 4.78 is 0. The van der Waals surface area contributed by atoms with E-state index in [1.54, 1.807) is 0 Å². The molecule has 1 rings (SSSR count). The average Bonchev–Trinajstić information content (AvgIpc) is 2.50. The summed E-state index contributed by atoms with van der Waals surface area (Å²) in [7, 11) is 0. The van der Waals surface area contributed by atoms with Gasteiger partial charge in [-0.25, -0.2) is 0 Å². The van der Waals surface area contributed by atoms with Crippen molar-refractivity contribution in [3.05, 3.63) is 0 Å². The molecule has 0 aliphatic carbocycles. The highest BCUT2D eigenvalue weighted by molar-refractivity contribution is 6.18. The second-order valence-electron chi connectivity index (χ2n) is 2.63. The van der Waals surface area contributed by atoms with Crippen LogP contribution >= 0.6 is 11.6 Å². The highest BCUT2D eigenvalue weighted by atomic mass is 35.5. The Morgan fingerprint density at radius 2 is 2.44 bits per heavy atom. The van der Waals surface area contributed by atoms with E-state index in [-0.39, 0.29) is 0 Å². The third kappa shape index (κ3) is 2.15. The van der Waals surface area contributed by atoms with Gasteiger partial charge in [-0.1, -0.05) is 13.3 Å². The van der Waals surface area contributed by atoms with Gasteiger partial charge in [-0.2, -0.15) is 0 Å². The molecule has 2 unspecified atom stereocenters. The number of hydrogen-bond donors (Lipinski definition) is 0. The monoisotopic (exact) mass is 147 g/mol. The highest BCUT2D eigenvalue weighted by Gasteiger charge is 2.31. The Labute approximate surface area is 62.0 Å². The molecule has 2 atom stereocenters. The first-order valence-corrected chi connectivity index (χ1v) is 4.22. The molecule has 0 N–H and O–H groups in total. The summed E-state index contributed by atoms with van der Waals surface area (Å²) in [5, 5.41) is 0. The Bertz CT molecular complexity index is 75.0. The van der Waals surface area contributed by atoms with Gasteiger partial charge in [0, 0.05) is 25.0 Å². The maximum absolute atomic E-state index is 5.56. The minimum Gasteiger partial charge on any atom is -0.296 e. The largest absolute Gasteiger partial charge is 0.296 e. The molecule has 1 saturated heterocycles. The van der Waals surface area contributed by atoms with Crippen LogP contribution in [0.25, 0.3) is 0 Å². The zero-order valence-corrected chi connectivity index (χ0v) is 6.69. The van der Waals surface area contributed by atoms with Gasteiger partial charge in [0.1, 0.15) is 0 Å². The van der Waals surface area contributed by atoms with Gasteiger partial charge in [0.25, 0.3) is 0 Å². The van der Waals surface area contributed by atoms with Gasteiger partial charge in [-0.15, -0.1) is 11.6 Å². The van der Waals surface area contributed by atoms with Crippen molar-refractivity contribution in [3.63, 3.8) is 0 Å². The van der Waals surface area contributed by atoms with Crippen LogP contribution in [0.5, 0.6) is 0 Å². The molecule has 0 aromatic carbocycles. The Balaban J connectivity index is 1.96. The fourth-order valence-electron chi connectivity index (χ4n) is 1.21. The zero-order chi connectivity index (χ0) is 6.69. The quantitative estimate of drug-likeness (QED) is 0.432. The van der Waals surface area contributed by atoms with Gasteiger partial charge in [-0.05, 0) is 6.42 Å². The standard InChI is InChI=1S/C7H14ClN/c1-2-3-7-6-9(7)5-4-8/h7H,2-6H2,1H3. The molecule has 1 fully saturated rings. The second kappa shape index (κ2) is 3.43. The molecular formula is C7H14ClN. The van der Waals surface area contributed by atoms with Crippen molar-refractivity contribution in [2.75, 3.05) is 19.0 Å². The normalized spacial score (nSPS) is 32.7. The lowest BCUT2D eigenvalue weighted by atomic mass is 10.3. The lowest BCUT2D eigenvalue weighted by Crippen LogP contribution is -2.04. The van der Waals surface area contributed by atoms with E-state index in [1.807, 2.05) is 0 Å². The molecule has 1 aliphatic heterocycles. The fraction of sp³-hybridized carbons (Fsp3) is 1.00. The van der Waals surface area contributed by atoms with E-state index >= 15 is 0 Å². The number of alkyl halides is 1. The van der Waals surface area contributed by atoms with E-state index < -0.39 is 0 Å². The van der Waals surface area contributed by atoms with Crippen LogP contribution in [-0.4, -0.2) is 29.9 Å². The summed E-state index contributed by atoms with van der Waals surface area (Å²) >= 11 is 5.56. The number of halogens is 1. The van der Waals surface area contributed by atoms with Gasteiger partial charge >= 0.3 is 0 Å². The lowest BCUT2D eigenvalue weighted by molar-refractivity contribution is 0.517. The SMILES string of the molecule is CCCC1CN1CCCl. The lowest BCUT2D eigenvalue weighted by Gasteiger charge is -1.96. The Morgan fingerprint density at radius 3 is 3.00 bits per heavy atom. The van der Waals surface area contributed by atoms with Crippen LogP contribution in [0.4, 0.5) is 0 Å². The molecule has 1 nitrogen and oxygen atoms in total. The van der Waals surface area contributed by atoms with Gasteiger partial charge in [-0.3, -0.25) is 4.90 Å². The van der Waals surface area contributed by atoms with Crippen LogP contribution in [0, 0.1) is 0 Å². The molecule has 9 heavy (non-hydrogen) atoms.